The summed E-state index contributed by atoms with van der Waals surface area (Å²) in [7, 11) is 0. The van der Waals surface area contributed by atoms with Crippen molar-refractivity contribution in [2.24, 2.45) is 35.5 Å². The van der Waals surface area contributed by atoms with Crippen molar-refractivity contribution in [2.45, 2.75) is 122 Å². The number of ether oxygens (including phenoxy) is 1. The van der Waals surface area contributed by atoms with Crippen molar-refractivity contribution >= 4 is 5.97 Å². The van der Waals surface area contributed by atoms with Gasteiger partial charge in [-0.3, -0.25) is 4.79 Å². The molecule has 2 heteroatoms. The lowest BCUT2D eigenvalue weighted by Crippen LogP contribution is -2.40. The molecule has 0 heterocycles. The minimum atomic E-state index is 0.0291. The summed E-state index contributed by atoms with van der Waals surface area (Å²) in [6.45, 7) is 6.10. The molecule has 0 aliphatic heterocycles. The molecule has 0 spiro atoms. The number of carbonyl (C=O) groups excluding carboxylic acids is 1. The number of carbonyl (C=O) groups is 1. The predicted molar refractivity (Wildman–Crippen MR) is 151 cm³/mol. The van der Waals surface area contributed by atoms with E-state index in [1.54, 1.807) is 0 Å². The molecule has 3 aliphatic carbocycles. The van der Waals surface area contributed by atoms with Crippen molar-refractivity contribution in [1.29, 1.82) is 0 Å². The molecule has 36 heavy (non-hydrogen) atoms. The smallest absolute Gasteiger partial charge is 0.314 e. The Morgan fingerprint density at radius 1 is 0.889 bits per heavy atom. The van der Waals surface area contributed by atoms with Crippen LogP contribution >= 0.6 is 0 Å². The number of benzene rings is 1. The van der Waals surface area contributed by atoms with Gasteiger partial charge in [-0.2, -0.15) is 0 Å². The molecule has 2 nitrogen and oxygen atoms in total. The topological polar surface area (TPSA) is 26.3 Å². The maximum atomic E-state index is 13.2. The standard InChI is InChI=1S/C34H52O2/c1-3-5-7-8-9-12-27-15-19-28(20-16-27)29-21-24-32-30(25-29)13-10-14-33(32)34(35)36-31-22-17-26(18-23-31)11-6-4-2/h4,17-18,22-23,27-30,32-33H,2-3,5-16,19-21,24-25H2,1H3. The van der Waals surface area contributed by atoms with E-state index in [0.29, 0.717) is 11.7 Å². The van der Waals surface area contributed by atoms with Gasteiger partial charge in [0.25, 0.3) is 0 Å². The third-order valence-electron chi connectivity index (χ3n) is 10.0. The number of fused-ring (bicyclic) bond motifs is 1. The summed E-state index contributed by atoms with van der Waals surface area (Å²) in [4.78, 5) is 13.2. The second kappa shape index (κ2) is 14.4. The van der Waals surface area contributed by atoms with Crippen LogP contribution in [0.5, 0.6) is 5.75 Å². The molecule has 4 unspecified atom stereocenters. The van der Waals surface area contributed by atoms with Crippen LogP contribution in [0.2, 0.25) is 0 Å². The van der Waals surface area contributed by atoms with Crippen LogP contribution < -0.4 is 4.74 Å². The number of hydrogen-bond acceptors (Lipinski definition) is 2. The quantitative estimate of drug-likeness (QED) is 0.126. The zero-order valence-electron chi connectivity index (χ0n) is 23.1. The SMILES string of the molecule is C=CCCc1ccc(OC(=O)C2CCCC3CC(C4CCC(CCCCCCC)CC4)CCC32)cc1. The monoisotopic (exact) mass is 492 g/mol. The zero-order valence-corrected chi connectivity index (χ0v) is 23.1. The van der Waals surface area contributed by atoms with Gasteiger partial charge >= 0.3 is 5.97 Å². The molecule has 4 atom stereocenters. The number of hydrogen-bond donors (Lipinski definition) is 0. The van der Waals surface area contributed by atoms with Gasteiger partial charge in [0.1, 0.15) is 5.75 Å². The van der Waals surface area contributed by atoms with Gasteiger partial charge < -0.3 is 4.74 Å². The van der Waals surface area contributed by atoms with Gasteiger partial charge in [0.05, 0.1) is 5.92 Å². The van der Waals surface area contributed by atoms with Gasteiger partial charge in [-0.15, -0.1) is 6.58 Å². The molecular formula is C34H52O2. The highest BCUT2D eigenvalue weighted by Gasteiger charge is 2.43. The van der Waals surface area contributed by atoms with Crippen LogP contribution in [0.25, 0.3) is 0 Å². The molecule has 3 saturated carbocycles. The summed E-state index contributed by atoms with van der Waals surface area (Å²) in [5.41, 5.74) is 1.27. The number of unbranched alkanes of at least 4 members (excludes halogenated alkanes) is 4. The van der Waals surface area contributed by atoms with E-state index in [-0.39, 0.29) is 11.9 Å². The van der Waals surface area contributed by atoms with E-state index < -0.39 is 0 Å². The molecular weight excluding hydrogens is 440 g/mol. The molecule has 0 saturated heterocycles. The lowest BCUT2D eigenvalue weighted by atomic mass is 9.59. The third-order valence-corrected chi connectivity index (χ3v) is 10.0. The first-order chi connectivity index (χ1) is 17.7. The fourth-order valence-corrected chi connectivity index (χ4v) is 7.89. The molecule has 3 aliphatic rings. The first kappa shape index (κ1) is 27.5. The van der Waals surface area contributed by atoms with Crippen molar-refractivity contribution in [3.63, 3.8) is 0 Å². The average molecular weight is 493 g/mol. The molecule has 1 aromatic rings. The first-order valence-corrected chi connectivity index (χ1v) is 15.6. The van der Waals surface area contributed by atoms with Crippen LogP contribution in [0.1, 0.15) is 122 Å². The molecule has 0 amide bonds. The Hall–Kier alpha value is -1.57. The van der Waals surface area contributed by atoms with Gasteiger partial charge in [0.15, 0.2) is 0 Å². The van der Waals surface area contributed by atoms with Crippen molar-refractivity contribution in [3.8, 4) is 5.75 Å². The maximum absolute atomic E-state index is 13.2. The molecule has 0 N–H and O–H groups in total. The minimum absolute atomic E-state index is 0.0291. The first-order valence-electron chi connectivity index (χ1n) is 15.6. The van der Waals surface area contributed by atoms with Gasteiger partial charge in [-0.1, -0.05) is 89.3 Å². The highest BCUT2D eigenvalue weighted by molar-refractivity contribution is 5.75. The molecule has 0 aromatic heterocycles. The van der Waals surface area contributed by atoms with E-state index in [1.165, 1.54) is 102 Å². The summed E-state index contributed by atoms with van der Waals surface area (Å²) in [6, 6.07) is 8.11. The molecule has 200 valence electrons. The lowest BCUT2D eigenvalue weighted by molar-refractivity contribution is -0.144. The number of rotatable bonds is 12. The van der Waals surface area contributed by atoms with Crippen molar-refractivity contribution in [2.75, 3.05) is 0 Å². The van der Waals surface area contributed by atoms with E-state index in [0.717, 1.165) is 42.9 Å². The number of allylic oxidation sites excluding steroid dienone is 1. The van der Waals surface area contributed by atoms with Gasteiger partial charge in [0.2, 0.25) is 0 Å². The second-order valence-electron chi connectivity index (χ2n) is 12.4. The third kappa shape index (κ3) is 7.72. The molecule has 1 aromatic carbocycles. The maximum Gasteiger partial charge on any atom is 0.314 e. The Morgan fingerprint density at radius 3 is 2.39 bits per heavy atom. The van der Waals surface area contributed by atoms with Crippen LogP contribution in [-0.4, -0.2) is 5.97 Å². The van der Waals surface area contributed by atoms with Crippen molar-refractivity contribution in [1.82, 2.24) is 0 Å². The normalized spacial score (nSPS) is 30.4. The molecule has 3 fully saturated rings. The van der Waals surface area contributed by atoms with E-state index >= 15 is 0 Å². The summed E-state index contributed by atoms with van der Waals surface area (Å²) >= 11 is 0. The largest absolute Gasteiger partial charge is 0.426 e. The van der Waals surface area contributed by atoms with Gasteiger partial charge in [-0.25, -0.2) is 0 Å². The summed E-state index contributed by atoms with van der Waals surface area (Å²) in [5.74, 6) is 5.00. The zero-order chi connectivity index (χ0) is 25.2. The molecule has 0 bridgehead atoms. The number of esters is 1. The Bertz CT molecular complexity index is 788. The van der Waals surface area contributed by atoms with Gasteiger partial charge in [0, 0.05) is 0 Å². The molecule has 0 radical (unpaired) electrons. The van der Waals surface area contributed by atoms with E-state index in [2.05, 4.69) is 25.6 Å². The fourth-order valence-electron chi connectivity index (χ4n) is 7.89. The van der Waals surface area contributed by atoms with Crippen LogP contribution in [-0.2, 0) is 11.2 Å². The Morgan fingerprint density at radius 2 is 1.64 bits per heavy atom. The van der Waals surface area contributed by atoms with Gasteiger partial charge in [-0.05, 0) is 98.7 Å². The Balaban J connectivity index is 1.21. The Labute approximate surface area is 221 Å². The average Bonchev–Trinajstić information content (AvgIpc) is 2.92. The highest BCUT2D eigenvalue weighted by Crippen LogP contribution is 2.50. The van der Waals surface area contributed by atoms with E-state index in [1.807, 2.05) is 18.2 Å². The van der Waals surface area contributed by atoms with E-state index in [9.17, 15) is 4.79 Å². The Kier molecular flexibility index (Phi) is 11.0. The van der Waals surface area contributed by atoms with Crippen LogP contribution in [0.3, 0.4) is 0 Å². The second-order valence-corrected chi connectivity index (χ2v) is 12.4. The van der Waals surface area contributed by atoms with Crippen LogP contribution in [0, 0.1) is 35.5 Å². The summed E-state index contributed by atoms with van der Waals surface area (Å²) in [5, 5.41) is 0. The van der Waals surface area contributed by atoms with E-state index in [4.69, 9.17) is 4.74 Å². The van der Waals surface area contributed by atoms with Crippen molar-refractivity contribution < 1.29 is 9.53 Å². The minimum Gasteiger partial charge on any atom is -0.426 e. The number of aryl methyl sites for hydroxylation is 1. The van der Waals surface area contributed by atoms with Crippen molar-refractivity contribution in [3.05, 3.63) is 42.5 Å². The predicted octanol–water partition coefficient (Wildman–Crippen LogP) is 9.71. The summed E-state index contributed by atoms with van der Waals surface area (Å²) < 4.78 is 5.91. The lowest BCUT2D eigenvalue weighted by Gasteiger charge is -2.46. The summed E-state index contributed by atoms with van der Waals surface area (Å²) in [6.07, 6.45) is 25.9. The highest BCUT2D eigenvalue weighted by atomic mass is 16.5. The fraction of sp³-hybridized carbons (Fsp3) is 0.735. The van der Waals surface area contributed by atoms with Crippen LogP contribution in [0.15, 0.2) is 36.9 Å². The van der Waals surface area contributed by atoms with Crippen LogP contribution in [0.4, 0.5) is 0 Å². The molecule has 4 rings (SSSR count).